The number of halogens is 2. The van der Waals surface area contributed by atoms with E-state index in [1.165, 1.54) is 0 Å². The number of carbonyl (C=O) groups is 4. The van der Waals surface area contributed by atoms with E-state index >= 15 is 0 Å². The summed E-state index contributed by atoms with van der Waals surface area (Å²) in [5.74, 6) is -1.27. The third-order valence-corrected chi connectivity index (χ3v) is 4.72. The predicted molar refractivity (Wildman–Crippen MR) is 106 cm³/mol. The summed E-state index contributed by atoms with van der Waals surface area (Å²) in [4.78, 5) is 49.4. The fourth-order valence-electron chi connectivity index (χ4n) is 2.83. The summed E-state index contributed by atoms with van der Waals surface area (Å²) < 4.78 is 5.71. The first-order chi connectivity index (χ1) is 13.8. The molecule has 0 aromatic heterocycles. The largest absolute Gasteiger partial charge is 0.457 e. The van der Waals surface area contributed by atoms with Gasteiger partial charge in [0.15, 0.2) is 0 Å². The van der Waals surface area contributed by atoms with Crippen molar-refractivity contribution in [1.29, 1.82) is 0 Å². The smallest absolute Gasteiger partial charge is 0.277 e. The minimum atomic E-state index is -0.582. The predicted octanol–water partition coefficient (Wildman–Crippen LogP) is 3.47. The Morgan fingerprint density at radius 2 is 0.931 bits per heavy atom. The summed E-state index contributed by atoms with van der Waals surface area (Å²) in [6, 6.07) is 12.6. The molecule has 29 heavy (non-hydrogen) atoms. The molecule has 7 nitrogen and oxygen atoms in total. The van der Waals surface area contributed by atoms with Crippen molar-refractivity contribution in [2.24, 2.45) is 0 Å². The molecule has 4 rings (SSSR count). The van der Waals surface area contributed by atoms with Gasteiger partial charge in [-0.25, -0.2) is 9.80 Å². The van der Waals surface area contributed by atoms with Crippen molar-refractivity contribution in [1.82, 2.24) is 0 Å². The molecule has 0 spiro atoms. The normalized spacial score (nSPS) is 16.5. The van der Waals surface area contributed by atoms with Crippen LogP contribution in [0.1, 0.15) is 0 Å². The molecule has 0 N–H and O–H groups in total. The molecule has 0 fully saturated rings. The lowest BCUT2D eigenvalue weighted by Crippen LogP contribution is -2.30. The molecule has 4 amide bonds. The van der Waals surface area contributed by atoms with Gasteiger partial charge in [-0.1, -0.05) is 23.2 Å². The van der Waals surface area contributed by atoms with Crippen LogP contribution in [-0.4, -0.2) is 23.6 Å². The molecule has 2 heterocycles. The molecule has 0 atom stereocenters. The van der Waals surface area contributed by atoms with E-state index in [4.69, 9.17) is 27.9 Å². The van der Waals surface area contributed by atoms with Gasteiger partial charge in [-0.15, -0.1) is 0 Å². The second-order valence-corrected chi connectivity index (χ2v) is 6.85. The van der Waals surface area contributed by atoms with Crippen molar-refractivity contribution >= 4 is 58.2 Å². The molecule has 0 bridgehead atoms. The first-order valence-corrected chi connectivity index (χ1v) is 9.00. The Bertz CT molecular complexity index is 1030. The van der Waals surface area contributed by atoms with Crippen LogP contribution in [0.4, 0.5) is 11.4 Å². The Balaban J connectivity index is 1.46. The maximum atomic E-state index is 11.9. The van der Waals surface area contributed by atoms with Crippen molar-refractivity contribution in [3.05, 3.63) is 70.7 Å². The van der Waals surface area contributed by atoms with Gasteiger partial charge in [-0.3, -0.25) is 19.2 Å². The number of hydrogen-bond acceptors (Lipinski definition) is 5. The molecule has 9 heteroatoms. The number of benzene rings is 2. The highest BCUT2D eigenvalue weighted by atomic mass is 35.5. The number of ether oxygens (including phenoxy) is 1. The maximum Gasteiger partial charge on any atom is 0.277 e. The first-order valence-electron chi connectivity index (χ1n) is 8.24. The highest BCUT2D eigenvalue weighted by molar-refractivity contribution is 6.52. The third-order valence-electron chi connectivity index (χ3n) is 4.18. The molecule has 2 aromatic carbocycles. The van der Waals surface area contributed by atoms with Gasteiger partial charge in [0.05, 0.1) is 11.4 Å². The van der Waals surface area contributed by atoms with Crippen LogP contribution in [0.5, 0.6) is 11.5 Å². The Labute approximate surface area is 174 Å². The van der Waals surface area contributed by atoms with E-state index in [2.05, 4.69) is 0 Å². The number of nitrogens with zero attached hydrogens (tertiary/aromatic N) is 2. The second-order valence-electron chi connectivity index (χ2n) is 6.03. The Morgan fingerprint density at radius 1 is 0.586 bits per heavy atom. The van der Waals surface area contributed by atoms with Gasteiger partial charge in [-0.2, -0.15) is 0 Å². The quantitative estimate of drug-likeness (QED) is 0.696. The molecule has 0 saturated carbocycles. The van der Waals surface area contributed by atoms with Crippen molar-refractivity contribution < 1.29 is 23.9 Å². The third kappa shape index (κ3) is 3.41. The number of anilines is 2. The Hall–Kier alpha value is -3.42. The maximum absolute atomic E-state index is 11.9. The number of rotatable bonds is 4. The summed E-state index contributed by atoms with van der Waals surface area (Å²) >= 11 is 11.4. The van der Waals surface area contributed by atoms with Crippen LogP contribution in [0.2, 0.25) is 0 Å². The number of carbonyl (C=O) groups excluding carboxylic acids is 4. The molecule has 2 aromatic rings. The fourth-order valence-corrected chi connectivity index (χ4v) is 3.19. The lowest BCUT2D eigenvalue weighted by atomic mass is 10.2. The van der Waals surface area contributed by atoms with E-state index in [9.17, 15) is 19.2 Å². The van der Waals surface area contributed by atoms with Crippen LogP contribution >= 0.6 is 23.2 Å². The monoisotopic (exact) mass is 428 g/mol. The standard InChI is InChI=1S/C20H10Cl2N2O5/c21-15-9-17(25)23(19(15)27)11-1-5-13(6-2-11)29-14-7-3-12(4-8-14)24-18(26)10-16(22)20(24)28/h1-10H. The van der Waals surface area contributed by atoms with Gasteiger partial charge in [0.2, 0.25) is 0 Å². The topological polar surface area (TPSA) is 84.0 Å². The number of imide groups is 2. The van der Waals surface area contributed by atoms with Crippen molar-refractivity contribution in [3.8, 4) is 11.5 Å². The Kier molecular flexibility index (Phi) is 4.70. The van der Waals surface area contributed by atoms with Gasteiger partial charge in [-0.05, 0) is 48.5 Å². The highest BCUT2D eigenvalue weighted by Crippen LogP contribution is 2.30. The molecule has 0 saturated heterocycles. The fraction of sp³-hybridized carbons (Fsp3) is 0. The SMILES string of the molecule is O=C1C=C(Cl)C(=O)N1c1ccc(Oc2ccc(N3C(=O)C=C(Cl)C3=O)cc2)cc1. The van der Waals surface area contributed by atoms with Crippen LogP contribution in [0, 0.1) is 0 Å². The molecule has 2 aliphatic rings. The van der Waals surface area contributed by atoms with Gasteiger partial charge >= 0.3 is 0 Å². The number of amides is 4. The zero-order valence-electron chi connectivity index (χ0n) is 14.5. The molecular weight excluding hydrogens is 419 g/mol. The average Bonchev–Trinajstić information content (AvgIpc) is 3.10. The van der Waals surface area contributed by atoms with Crippen LogP contribution in [0.15, 0.2) is 70.7 Å². The van der Waals surface area contributed by atoms with E-state index in [-0.39, 0.29) is 10.1 Å². The highest BCUT2D eigenvalue weighted by Gasteiger charge is 2.32. The molecule has 0 radical (unpaired) electrons. The lowest BCUT2D eigenvalue weighted by Gasteiger charge is -2.16. The van der Waals surface area contributed by atoms with Crippen molar-refractivity contribution in [2.45, 2.75) is 0 Å². The summed E-state index contributed by atoms with van der Waals surface area (Å²) in [6.45, 7) is 0. The van der Waals surface area contributed by atoms with Crippen molar-refractivity contribution in [3.63, 3.8) is 0 Å². The Morgan fingerprint density at radius 3 is 1.21 bits per heavy atom. The van der Waals surface area contributed by atoms with Crippen LogP contribution in [-0.2, 0) is 19.2 Å². The molecule has 144 valence electrons. The minimum absolute atomic E-state index is 0.137. The van der Waals surface area contributed by atoms with Crippen LogP contribution in [0.3, 0.4) is 0 Å². The summed E-state index contributed by atoms with van der Waals surface area (Å²) in [5.41, 5.74) is 0.732. The van der Waals surface area contributed by atoms with E-state index in [0.29, 0.717) is 22.9 Å². The summed E-state index contributed by atoms with van der Waals surface area (Å²) in [6.07, 6.45) is 2.13. The van der Waals surface area contributed by atoms with Gasteiger partial charge in [0.1, 0.15) is 21.6 Å². The average molecular weight is 429 g/mol. The summed E-state index contributed by atoms with van der Waals surface area (Å²) in [5, 5.41) is -0.274. The van der Waals surface area contributed by atoms with E-state index in [1.54, 1.807) is 48.5 Å². The molecule has 2 aliphatic heterocycles. The molecular formula is C20H10Cl2N2O5. The summed E-state index contributed by atoms with van der Waals surface area (Å²) in [7, 11) is 0. The van der Waals surface area contributed by atoms with Gasteiger partial charge in [0, 0.05) is 12.2 Å². The van der Waals surface area contributed by atoms with Gasteiger partial charge in [0.25, 0.3) is 23.6 Å². The second kappa shape index (κ2) is 7.20. The molecule has 0 unspecified atom stereocenters. The van der Waals surface area contributed by atoms with E-state index in [0.717, 1.165) is 22.0 Å². The number of hydrogen-bond donors (Lipinski definition) is 0. The van der Waals surface area contributed by atoms with Gasteiger partial charge < -0.3 is 4.74 Å². The zero-order chi connectivity index (χ0) is 20.7. The first kappa shape index (κ1) is 18.9. The molecule has 0 aliphatic carbocycles. The van der Waals surface area contributed by atoms with E-state index < -0.39 is 23.6 Å². The van der Waals surface area contributed by atoms with Crippen LogP contribution < -0.4 is 14.5 Å². The minimum Gasteiger partial charge on any atom is -0.457 e. The van der Waals surface area contributed by atoms with E-state index in [1.807, 2.05) is 0 Å². The lowest BCUT2D eigenvalue weighted by molar-refractivity contribution is -0.121. The zero-order valence-corrected chi connectivity index (χ0v) is 16.0. The van der Waals surface area contributed by atoms with Crippen LogP contribution in [0.25, 0.3) is 0 Å². The van der Waals surface area contributed by atoms with Crippen molar-refractivity contribution in [2.75, 3.05) is 9.80 Å².